The van der Waals surface area contributed by atoms with E-state index < -0.39 is 0 Å². The molecule has 0 aliphatic carbocycles. The van der Waals surface area contributed by atoms with Crippen LogP contribution in [0.25, 0.3) is 0 Å². The van der Waals surface area contributed by atoms with E-state index in [-0.39, 0.29) is 0 Å². The van der Waals surface area contributed by atoms with Gasteiger partial charge in [-0.05, 0) is 19.3 Å². The van der Waals surface area contributed by atoms with Crippen molar-refractivity contribution in [3.05, 3.63) is 16.6 Å². The largest absolute Gasteiger partial charge is 0.305 e. The first kappa shape index (κ1) is 11.7. The second-order valence-electron chi connectivity index (χ2n) is 4.03. The molecule has 1 aromatic rings. The van der Waals surface area contributed by atoms with Crippen LogP contribution in [0.4, 0.5) is 0 Å². The zero-order valence-electron chi connectivity index (χ0n) is 9.45. The van der Waals surface area contributed by atoms with E-state index >= 15 is 0 Å². The van der Waals surface area contributed by atoms with Gasteiger partial charge in [-0.2, -0.15) is 0 Å². The van der Waals surface area contributed by atoms with Crippen LogP contribution in [0.5, 0.6) is 0 Å². The second-order valence-corrected chi connectivity index (χ2v) is 4.96. The Morgan fingerprint density at radius 2 is 2.14 bits per heavy atom. The summed E-state index contributed by atoms with van der Waals surface area (Å²) in [5.41, 5.74) is 0. The molecule has 2 unspecified atom stereocenters. The average Bonchev–Trinajstić information content (AvgIpc) is 2.66. The number of hydrogen-bond donors (Lipinski definition) is 1. The van der Waals surface area contributed by atoms with E-state index in [1.807, 2.05) is 11.6 Å². The standard InChI is InChI=1S/C11H20N2S/c1-5-10(11-12-6-7-14-11)13-9(4)8(2)3/h6-10,13H,5H2,1-4H3. The van der Waals surface area contributed by atoms with Crippen molar-refractivity contribution in [3.8, 4) is 0 Å². The second kappa shape index (κ2) is 5.47. The molecule has 1 heterocycles. The molecule has 80 valence electrons. The molecule has 0 bridgehead atoms. The lowest BCUT2D eigenvalue weighted by atomic mass is 10.0. The van der Waals surface area contributed by atoms with Crippen LogP contribution in [0.15, 0.2) is 11.6 Å². The van der Waals surface area contributed by atoms with E-state index in [0.29, 0.717) is 18.0 Å². The maximum atomic E-state index is 4.36. The zero-order valence-corrected chi connectivity index (χ0v) is 10.3. The Hall–Kier alpha value is -0.410. The maximum absolute atomic E-state index is 4.36. The number of hydrogen-bond acceptors (Lipinski definition) is 3. The van der Waals surface area contributed by atoms with Crippen molar-refractivity contribution >= 4 is 11.3 Å². The Morgan fingerprint density at radius 1 is 1.43 bits per heavy atom. The lowest BCUT2D eigenvalue weighted by Gasteiger charge is -2.23. The van der Waals surface area contributed by atoms with E-state index in [1.54, 1.807) is 11.3 Å². The molecule has 0 radical (unpaired) electrons. The summed E-state index contributed by atoms with van der Waals surface area (Å²) in [5.74, 6) is 0.670. The first-order valence-corrected chi connectivity index (χ1v) is 6.18. The highest BCUT2D eigenvalue weighted by atomic mass is 32.1. The van der Waals surface area contributed by atoms with Crippen molar-refractivity contribution in [2.75, 3.05) is 0 Å². The highest BCUT2D eigenvalue weighted by Crippen LogP contribution is 2.20. The normalized spacial score (nSPS) is 15.8. The van der Waals surface area contributed by atoms with Gasteiger partial charge in [0, 0.05) is 17.6 Å². The quantitative estimate of drug-likeness (QED) is 0.810. The third-order valence-electron chi connectivity index (χ3n) is 2.62. The molecule has 14 heavy (non-hydrogen) atoms. The van der Waals surface area contributed by atoms with Gasteiger partial charge in [0.15, 0.2) is 0 Å². The van der Waals surface area contributed by atoms with Crippen molar-refractivity contribution < 1.29 is 0 Å². The Labute approximate surface area is 90.8 Å². The molecular formula is C11H20N2S. The molecule has 1 N–H and O–H groups in total. The van der Waals surface area contributed by atoms with Gasteiger partial charge in [0.05, 0.1) is 6.04 Å². The van der Waals surface area contributed by atoms with Gasteiger partial charge in [-0.3, -0.25) is 0 Å². The minimum Gasteiger partial charge on any atom is -0.305 e. The Kier molecular flexibility index (Phi) is 4.55. The molecule has 0 spiro atoms. The van der Waals surface area contributed by atoms with E-state index in [0.717, 1.165) is 6.42 Å². The topological polar surface area (TPSA) is 24.9 Å². The molecule has 1 aromatic heterocycles. The van der Waals surface area contributed by atoms with Crippen LogP contribution in [-0.2, 0) is 0 Å². The van der Waals surface area contributed by atoms with Gasteiger partial charge >= 0.3 is 0 Å². The van der Waals surface area contributed by atoms with E-state index in [1.165, 1.54) is 5.01 Å². The van der Waals surface area contributed by atoms with Gasteiger partial charge in [-0.1, -0.05) is 20.8 Å². The first-order chi connectivity index (χ1) is 6.65. The number of aromatic nitrogens is 1. The molecule has 2 atom stereocenters. The highest BCUT2D eigenvalue weighted by Gasteiger charge is 2.16. The molecule has 0 fully saturated rings. The predicted molar refractivity (Wildman–Crippen MR) is 62.6 cm³/mol. The van der Waals surface area contributed by atoms with E-state index in [9.17, 15) is 0 Å². The smallest absolute Gasteiger partial charge is 0.109 e. The number of rotatable bonds is 5. The minimum atomic E-state index is 0.424. The summed E-state index contributed by atoms with van der Waals surface area (Å²) in [7, 11) is 0. The molecule has 0 aromatic carbocycles. The molecule has 0 aliphatic heterocycles. The van der Waals surface area contributed by atoms with Crippen molar-refractivity contribution in [1.29, 1.82) is 0 Å². The minimum absolute atomic E-state index is 0.424. The molecule has 0 saturated heterocycles. The summed E-state index contributed by atoms with van der Waals surface area (Å²) in [4.78, 5) is 4.36. The molecule has 1 rings (SSSR count). The van der Waals surface area contributed by atoms with Gasteiger partial charge in [-0.25, -0.2) is 4.98 Å². The first-order valence-electron chi connectivity index (χ1n) is 5.30. The Balaban J connectivity index is 2.56. The van der Waals surface area contributed by atoms with E-state index in [4.69, 9.17) is 0 Å². The fourth-order valence-corrected chi connectivity index (χ4v) is 2.06. The SMILES string of the molecule is CCC(NC(C)C(C)C)c1nccs1. The van der Waals surface area contributed by atoms with Gasteiger partial charge < -0.3 is 5.32 Å². The summed E-state index contributed by atoms with van der Waals surface area (Å²) in [6, 6.07) is 0.969. The number of nitrogens with zero attached hydrogens (tertiary/aromatic N) is 1. The molecule has 0 aliphatic rings. The highest BCUT2D eigenvalue weighted by molar-refractivity contribution is 7.09. The lowest BCUT2D eigenvalue weighted by Crippen LogP contribution is -2.34. The van der Waals surface area contributed by atoms with Crippen LogP contribution in [-0.4, -0.2) is 11.0 Å². The van der Waals surface area contributed by atoms with Crippen LogP contribution >= 0.6 is 11.3 Å². The lowest BCUT2D eigenvalue weighted by molar-refractivity contribution is 0.370. The third kappa shape index (κ3) is 3.07. The summed E-state index contributed by atoms with van der Waals surface area (Å²) >= 11 is 1.74. The fourth-order valence-electron chi connectivity index (χ4n) is 1.28. The summed E-state index contributed by atoms with van der Waals surface area (Å²) in [6.07, 6.45) is 2.98. The predicted octanol–water partition coefficient (Wildman–Crippen LogP) is 3.23. The molecule has 0 amide bonds. The van der Waals surface area contributed by atoms with Crippen molar-refractivity contribution in [1.82, 2.24) is 10.3 Å². The molecule has 3 heteroatoms. The van der Waals surface area contributed by atoms with Gasteiger partial charge in [0.1, 0.15) is 5.01 Å². The Morgan fingerprint density at radius 3 is 2.57 bits per heavy atom. The van der Waals surface area contributed by atoms with Crippen LogP contribution in [0.2, 0.25) is 0 Å². The van der Waals surface area contributed by atoms with Crippen molar-refractivity contribution in [2.24, 2.45) is 5.92 Å². The van der Waals surface area contributed by atoms with Gasteiger partial charge in [0.25, 0.3) is 0 Å². The summed E-state index contributed by atoms with van der Waals surface area (Å²) in [6.45, 7) is 8.92. The van der Waals surface area contributed by atoms with E-state index in [2.05, 4.69) is 38.0 Å². The van der Waals surface area contributed by atoms with Gasteiger partial charge in [0.2, 0.25) is 0 Å². The Bertz CT molecular complexity index is 244. The van der Waals surface area contributed by atoms with Crippen molar-refractivity contribution in [2.45, 2.75) is 46.2 Å². The fraction of sp³-hybridized carbons (Fsp3) is 0.727. The molecule has 0 saturated carbocycles. The monoisotopic (exact) mass is 212 g/mol. The van der Waals surface area contributed by atoms with Crippen molar-refractivity contribution in [3.63, 3.8) is 0 Å². The summed E-state index contributed by atoms with van der Waals surface area (Å²) in [5, 5.41) is 6.87. The molecule has 2 nitrogen and oxygen atoms in total. The summed E-state index contributed by atoms with van der Waals surface area (Å²) < 4.78 is 0. The van der Waals surface area contributed by atoms with Crippen LogP contribution in [0.1, 0.15) is 45.2 Å². The zero-order chi connectivity index (χ0) is 10.6. The van der Waals surface area contributed by atoms with Crippen LogP contribution in [0, 0.1) is 5.92 Å². The van der Waals surface area contributed by atoms with Crippen LogP contribution in [0.3, 0.4) is 0 Å². The van der Waals surface area contributed by atoms with Crippen LogP contribution < -0.4 is 5.32 Å². The number of thiazole rings is 1. The number of nitrogens with one attached hydrogen (secondary N) is 1. The van der Waals surface area contributed by atoms with Gasteiger partial charge in [-0.15, -0.1) is 11.3 Å². The maximum Gasteiger partial charge on any atom is 0.109 e. The average molecular weight is 212 g/mol. The third-order valence-corrected chi connectivity index (χ3v) is 3.51. The molecular weight excluding hydrogens is 192 g/mol.